The third-order valence-corrected chi connectivity index (χ3v) is 3.62. The van der Waals surface area contributed by atoms with Gasteiger partial charge in [0.25, 0.3) is 0 Å². The number of aliphatic hydroxyl groups excluding tert-OH is 1. The van der Waals surface area contributed by atoms with Crippen LogP contribution < -0.4 is 0 Å². The molecular formula is C18H38O4. The van der Waals surface area contributed by atoms with Crippen LogP contribution in [-0.2, 0) is 14.2 Å². The summed E-state index contributed by atoms with van der Waals surface area (Å²) < 4.78 is 16.0. The average molecular weight is 318 g/mol. The molecule has 4 nitrogen and oxygen atoms in total. The number of ether oxygens (including phenoxy) is 3. The summed E-state index contributed by atoms with van der Waals surface area (Å²) in [5.41, 5.74) is 0. The number of hydrogen-bond donors (Lipinski definition) is 1. The van der Waals surface area contributed by atoms with E-state index in [9.17, 15) is 0 Å². The molecule has 0 aromatic rings. The molecule has 0 rings (SSSR count). The molecule has 0 saturated heterocycles. The maximum absolute atomic E-state index is 8.52. The highest BCUT2D eigenvalue weighted by Gasteiger charge is 1.94. The van der Waals surface area contributed by atoms with Crippen LogP contribution in [0.3, 0.4) is 0 Å². The summed E-state index contributed by atoms with van der Waals surface area (Å²) in [5, 5.41) is 8.52. The van der Waals surface area contributed by atoms with Crippen molar-refractivity contribution in [2.45, 2.75) is 71.1 Å². The van der Waals surface area contributed by atoms with E-state index in [0.717, 1.165) is 13.0 Å². The fraction of sp³-hybridized carbons (Fsp3) is 1.00. The van der Waals surface area contributed by atoms with Crippen LogP contribution in [-0.4, -0.2) is 51.4 Å². The maximum atomic E-state index is 8.52. The van der Waals surface area contributed by atoms with Gasteiger partial charge >= 0.3 is 0 Å². The molecule has 4 heteroatoms. The van der Waals surface area contributed by atoms with E-state index in [2.05, 4.69) is 6.92 Å². The van der Waals surface area contributed by atoms with Gasteiger partial charge in [0.2, 0.25) is 0 Å². The second-order valence-electron chi connectivity index (χ2n) is 5.74. The topological polar surface area (TPSA) is 47.9 Å². The summed E-state index contributed by atoms with van der Waals surface area (Å²) in [4.78, 5) is 0. The Hall–Kier alpha value is -0.160. The Morgan fingerprint density at radius 2 is 0.909 bits per heavy atom. The first-order valence-corrected chi connectivity index (χ1v) is 9.26. The summed E-state index contributed by atoms with van der Waals surface area (Å²) in [6, 6.07) is 0. The van der Waals surface area contributed by atoms with Crippen LogP contribution in [0.4, 0.5) is 0 Å². The summed E-state index contributed by atoms with van der Waals surface area (Å²) in [5.74, 6) is 0. The van der Waals surface area contributed by atoms with Crippen molar-refractivity contribution in [2.24, 2.45) is 0 Å². The highest BCUT2D eigenvalue weighted by molar-refractivity contribution is 4.47. The van der Waals surface area contributed by atoms with Crippen molar-refractivity contribution < 1.29 is 19.3 Å². The molecule has 0 aliphatic heterocycles. The fourth-order valence-electron chi connectivity index (χ4n) is 2.30. The van der Waals surface area contributed by atoms with Crippen molar-refractivity contribution >= 4 is 0 Å². The summed E-state index contributed by atoms with van der Waals surface area (Å²) >= 11 is 0. The third kappa shape index (κ3) is 19.8. The van der Waals surface area contributed by atoms with Gasteiger partial charge in [0.1, 0.15) is 0 Å². The largest absolute Gasteiger partial charge is 0.394 e. The number of hydrogen-bond acceptors (Lipinski definition) is 4. The molecule has 0 heterocycles. The minimum Gasteiger partial charge on any atom is -0.394 e. The molecule has 0 amide bonds. The molecule has 0 atom stereocenters. The standard InChI is InChI=1S/C18H38O4/c1-2-3-4-5-6-7-8-9-10-11-13-20-15-17-22-18-16-21-14-12-19/h19H,2-18H2,1H3. The van der Waals surface area contributed by atoms with E-state index in [1.54, 1.807) is 0 Å². The molecule has 0 fully saturated rings. The minimum atomic E-state index is 0.0714. The van der Waals surface area contributed by atoms with Gasteiger partial charge in [-0.2, -0.15) is 0 Å². The molecule has 0 bridgehead atoms. The Morgan fingerprint density at radius 1 is 0.500 bits per heavy atom. The zero-order valence-corrected chi connectivity index (χ0v) is 14.7. The van der Waals surface area contributed by atoms with E-state index in [-0.39, 0.29) is 6.61 Å². The molecule has 134 valence electrons. The Bertz CT molecular complexity index is 168. The van der Waals surface area contributed by atoms with Gasteiger partial charge in [-0.05, 0) is 6.42 Å². The first-order valence-electron chi connectivity index (χ1n) is 9.26. The molecule has 0 aliphatic rings. The minimum absolute atomic E-state index is 0.0714. The monoisotopic (exact) mass is 318 g/mol. The van der Waals surface area contributed by atoms with Crippen LogP contribution in [0, 0.1) is 0 Å². The first-order chi connectivity index (χ1) is 10.9. The van der Waals surface area contributed by atoms with Gasteiger partial charge in [0.05, 0.1) is 39.6 Å². The number of rotatable bonds is 19. The zero-order valence-electron chi connectivity index (χ0n) is 14.7. The van der Waals surface area contributed by atoms with Gasteiger partial charge in [-0.1, -0.05) is 64.7 Å². The normalized spacial score (nSPS) is 11.2. The van der Waals surface area contributed by atoms with Crippen LogP contribution in [0.1, 0.15) is 71.1 Å². The lowest BCUT2D eigenvalue weighted by Gasteiger charge is -2.06. The smallest absolute Gasteiger partial charge is 0.0701 e. The van der Waals surface area contributed by atoms with Crippen LogP contribution in [0.25, 0.3) is 0 Å². The highest BCUT2D eigenvalue weighted by Crippen LogP contribution is 2.10. The Kier molecular flexibility index (Phi) is 20.7. The fourth-order valence-corrected chi connectivity index (χ4v) is 2.30. The molecule has 22 heavy (non-hydrogen) atoms. The third-order valence-electron chi connectivity index (χ3n) is 3.62. The molecule has 0 aromatic carbocycles. The average Bonchev–Trinajstić information content (AvgIpc) is 2.54. The Morgan fingerprint density at radius 3 is 1.41 bits per heavy atom. The molecule has 0 spiro atoms. The molecule has 1 N–H and O–H groups in total. The van der Waals surface area contributed by atoms with Crippen LogP contribution in [0.2, 0.25) is 0 Å². The molecule has 0 unspecified atom stereocenters. The van der Waals surface area contributed by atoms with E-state index in [4.69, 9.17) is 19.3 Å². The van der Waals surface area contributed by atoms with Crippen molar-refractivity contribution in [3.05, 3.63) is 0 Å². The molecule has 0 radical (unpaired) electrons. The molecular weight excluding hydrogens is 280 g/mol. The van der Waals surface area contributed by atoms with Crippen molar-refractivity contribution in [2.75, 3.05) is 46.2 Å². The van der Waals surface area contributed by atoms with Crippen molar-refractivity contribution in [1.82, 2.24) is 0 Å². The predicted molar refractivity (Wildman–Crippen MR) is 91.4 cm³/mol. The van der Waals surface area contributed by atoms with E-state index in [0.29, 0.717) is 33.0 Å². The van der Waals surface area contributed by atoms with E-state index < -0.39 is 0 Å². The van der Waals surface area contributed by atoms with Gasteiger partial charge in [-0.15, -0.1) is 0 Å². The van der Waals surface area contributed by atoms with Crippen molar-refractivity contribution in [1.29, 1.82) is 0 Å². The van der Waals surface area contributed by atoms with E-state index in [1.165, 1.54) is 57.8 Å². The second-order valence-corrected chi connectivity index (χ2v) is 5.74. The Balaban J connectivity index is 2.91. The zero-order chi connectivity index (χ0) is 16.1. The first kappa shape index (κ1) is 21.8. The molecule has 0 saturated carbocycles. The van der Waals surface area contributed by atoms with Crippen LogP contribution >= 0.6 is 0 Å². The lowest BCUT2D eigenvalue weighted by Crippen LogP contribution is -2.11. The Labute approximate surface area is 137 Å². The van der Waals surface area contributed by atoms with Crippen LogP contribution in [0.15, 0.2) is 0 Å². The van der Waals surface area contributed by atoms with Gasteiger partial charge in [-0.25, -0.2) is 0 Å². The van der Waals surface area contributed by atoms with Gasteiger partial charge in [0.15, 0.2) is 0 Å². The van der Waals surface area contributed by atoms with Gasteiger partial charge in [0, 0.05) is 6.61 Å². The SMILES string of the molecule is CCCCCCCCCCCCOCCOCCOCCO. The summed E-state index contributed by atoms with van der Waals surface area (Å²) in [7, 11) is 0. The number of aliphatic hydroxyl groups is 1. The summed E-state index contributed by atoms with van der Waals surface area (Å²) in [6.07, 6.45) is 13.5. The lowest BCUT2D eigenvalue weighted by atomic mass is 10.1. The highest BCUT2D eigenvalue weighted by atomic mass is 16.5. The van der Waals surface area contributed by atoms with Gasteiger partial charge in [-0.3, -0.25) is 0 Å². The number of unbranched alkanes of at least 4 members (excludes halogenated alkanes) is 9. The molecule has 0 aliphatic carbocycles. The summed E-state index contributed by atoms with van der Waals surface area (Å²) in [6.45, 7) is 5.97. The maximum Gasteiger partial charge on any atom is 0.0701 e. The van der Waals surface area contributed by atoms with Crippen molar-refractivity contribution in [3.63, 3.8) is 0 Å². The predicted octanol–water partition coefficient (Wildman–Crippen LogP) is 3.95. The lowest BCUT2D eigenvalue weighted by molar-refractivity contribution is 0.00719. The second kappa shape index (κ2) is 20.8. The quantitative estimate of drug-likeness (QED) is 0.366. The van der Waals surface area contributed by atoms with Gasteiger partial charge < -0.3 is 19.3 Å². The van der Waals surface area contributed by atoms with Crippen LogP contribution in [0.5, 0.6) is 0 Å². The van der Waals surface area contributed by atoms with E-state index >= 15 is 0 Å². The molecule has 0 aromatic heterocycles. The van der Waals surface area contributed by atoms with Crippen molar-refractivity contribution in [3.8, 4) is 0 Å². The van der Waals surface area contributed by atoms with E-state index in [1.807, 2.05) is 0 Å².